The molecule has 7 heteroatoms. The molecule has 2 heterocycles. The molecule has 0 unspecified atom stereocenters. The molecule has 0 aliphatic heterocycles. The SMILES string of the molecule is Fc1ccc(CNc2ccc(-n3cncn3)nc2)c(Br)c1. The van der Waals surface area contributed by atoms with Gasteiger partial charge < -0.3 is 5.32 Å². The van der Waals surface area contributed by atoms with Crippen LogP contribution in [0.15, 0.2) is 53.7 Å². The number of pyridine rings is 1. The smallest absolute Gasteiger partial charge is 0.155 e. The van der Waals surface area contributed by atoms with Gasteiger partial charge in [-0.3, -0.25) is 0 Å². The Balaban J connectivity index is 1.68. The Hall–Kier alpha value is -2.28. The van der Waals surface area contributed by atoms with Crippen molar-refractivity contribution in [3.05, 3.63) is 65.0 Å². The minimum atomic E-state index is -0.260. The zero-order chi connectivity index (χ0) is 14.7. The zero-order valence-electron chi connectivity index (χ0n) is 10.9. The van der Waals surface area contributed by atoms with Gasteiger partial charge in [0, 0.05) is 11.0 Å². The van der Waals surface area contributed by atoms with Crippen molar-refractivity contribution in [3.8, 4) is 5.82 Å². The maximum absolute atomic E-state index is 13.0. The third kappa shape index (κ3) is 3.25. The van der Waals surface area contributed by atoms with E-state index in [1.165, 1.54) is 18.5 Å². The standard InChI is InChI=1S/C14H11BrFN5/c15-13-5-11(16)2-1-10(13)6-18-12-3-4-14(19-7-12)21-9-17-8-20-21/h1-5,7-9,18H,6H2. The summed E-state index contributed by atoms with van der Waals surface area (Å²) in [6.07, 6.45) is 4.76. The topological polar surface area (TPSA) is 55.6 Å². The van der Waals surface area contributed by atoms with Crippen LogP contribution in [-0.4, -0.2) is 19.7 Å². The summed E-state index contributed by atoms with van der Waals surface area (Å²) in [7, 11) is 0. The number of anilines is 1. The van der Waals surface area contributed by atoms with E-state index in [0.29, 0.717) is 12.4 Å². The van der Waals surface area contributed by atoms with Crippen molar-refractivity contribution >= 4 is 21.6 Å². The lowest BCUT2D eigenvalue weighted by Gasteiger charge is -2.08. The fourth-order valence-electron chi connectivity index (χ4n) is 1.82. The van der Waals surface area contributed by atoms with Gasteiger partial charge in [0.25, 0.3) is 0 Å². The van der Waals surface area contributed by atoms with Gasteiger partial charge in [-0.1, -0.05) is 22.0 Å². The summed E-state index contributed by atoms with van der Waals surface area (Å²) in [4.78, 5) is 8.17. The van der Waals surface area contributed by atoms with Crippen LogP contribution in [0.3, 0.4) is 0 Å². The first-order valence-electron chi connectivity index (χ1n) is 6.21. The summed E-state index contributed by atoms with van der Waals surface area (Å²) in [5.41, 5.74) is 1.84. The Morgan fingerprint density at radius 2 is 2.14 bits per heavy atom. The van der Waals surface area contributed by atoms with Crippen LogP contribution in [0, 0.1) is 5.82 Å². The lowest BCUT2D eigenvalue weighted by molar-refractivity contribution is 0.626. The lowest BCUT2D eigenvalue weighted by Crippen LogP contribution is -2.02. The highest BCUT2D eigenvalue weighted by Gasteiger charge is 2.03. The monoisotopic (exact) mass is 347 g/mol. The third-order valence-corrected chi connectivity index (χ3v) is 3.64. The second kappa shape index (κ2) is 6.01. The largest absolute Gasteiger partial charge is 0.380 e. The van der Waals surface area contributed by atoms with Crippen molar-refractivity contribution in [1.82, 2.24) is 19.7 Å². The summed E-state index contributed by atoms with van der Waals surface area (Å²) in [5.74, 6) is 0.436. The van der Waals surface area contributed by atoms with Gasteiger partial charge >= 0.3 is 0 Å². The molecule has 5 nitrogen and oxygen atoms in total. The highest BCUT2D eigenvalue weighted by atomic mass is 79.9. The molecule has 3 aromatic rings. The summed E-state index contributed by atoms with van der Waals surface area (Å²) < 4.78 is 15.3. The molecule has 106 valence electrons. The van der Waals surface area contributed by atoms with Crippen molar-refractivity contribution in [1.29, 1.82) is 0 Å². The van der Waals surface area contributed by atoms with Crippen LogP contribution in [0.25, 0.3) is 5.82 Å². The molecule has 0 bridgehead atoms. The summed E-state index contributed by atoms with van der Waals surface area (Å²) >= 11 is 3.34. The first-order chi connectivity index (χ1) is 10.2. The number of hydrogen-bond donors (Lipinski definition) is 1. The Morgan fingerprint density at radius 1 is 1.24 bits per heavy atom. The lowest BCUT2D eigenvalue weighted by atomic mass is 10.2. The molecular formula is C14H11BrFN5. The second-order valence-corrected chi connectivity index (χ2v) is 5.19. The van der Waals surface area contributed by atoms with Crippen LogP contribution in [0.5, 0.6) is 0 Å². The van der Waals surface area contributed by atoms with Crippen LogP contribution in [-0.2, 0) is 6.54 Å². The average molecular weight is 348 g/mol. The number of nitrogens with one attached hydrogen (secondary N) is 1. The number of hydrogen-bond acceptors (Lipinski definition) is 4. The maximum Gasteiger partial charge on any atom is 0.155 e. The van der Waals surface area contributed by atoms with E-state index in [2.05, 4.69) is 36.3 Å². The van der Waals surface area contributed by atoms with Crippen LogP contribution < -0.4 is 5.32 Å². The fourth-order valence-corrected chi connectivity index (χ4v) is 2.31. The van der Waals surface area contributed by atoms with Crippen molar-refractivity contribution in [3.63, 3.8) is 0 Å². The van der Waals surface area contributed by atoms with E-state index < -0.39 is 0 Å². The minimum Gasteiger partial charge on any atom is -0.380 e. The molecule has 1 aromatic carbocycles. The van der Waals surface area contributed by atoms with Crippen molar-refractivity contribution in [2.45, 2.75) is 6.54 Å². The molecule has 0 fully saturated rings. The van der Waals surface area contributed by atoms with Gasteiger partial charge in [0.05, 0.1) is 11.9 Å². The summed E-state index contributed by atoms with van der Waals surface area (Å²) in [5, 5.41) is 7.24. The van der Waals surface area contributed by atoms with E-state index in [1.54, 1.807) is 23.3 Å². The predicted molar refractivity (Wildman–Crippen MR) is 80.6 cm³/mol. The van der Waals surface area contributed by atoms with E-state index in [9.17, 15) is 4.39 Å². The molecule has 0 radical (unpaired) electrons. The molecule has 21 heavy (non-hydrogen) atoms. The molecule has 0 aliphatic rings. The zero-order valence-corrected chi connectivity index (χ0v) is 12.5. The van der Waals surface area contributed by atoms with Crippen LogP contribution in [0.1, 0.15) is 5.56 Å². The Labute approximate surface area is 129 Å². The van der Waals surface area contributed by atoms with Gasteiger partial charge in [-0.2, -0.15) is 5.10 Å². The second-order valence-electron chi connectivity index (χ2n) is 4.33. The number of nitrogens with zero attached hydrogens (tertiary/aromatic N) is 4. The molecule has 0 aliphatic carbocycles. The molecule has 3 rings (SSSR count). The minimum absolute atomic E-state index is 0.260. The van der Waals surface area contributed by atoms with E-state index in [-0.39, 0.29) is 5.82 Å². The molecular weight excluding hydrogens is 337 g/mol. The Kier molecular flexibility index (Phi) is 3.92. The molecule has 2 aromatic heterocycles. The fraction of sp³-hybridized carbons (Fsp3) is 0.0714. The molecule has 0 spiro atoms. The van der Waals surface area contributed by atoms with E-state index in [0.717, 1.165) is 15.7 Å². The number of benzene rings is 1. The quantitative estimate of drug-likeness (QED) is 0.787. The van der Waals surface area contributed by atoms with E-state index in [4.69, 9.17) is 0 Å². The molecule has 0 saturated heterocycles. The highest BCUT2D eigenvalue weighted by molar-refractivity contribution is 9.10. The van der Waals surface area contributed by atoms with Gasteiger partial charge in [-0.15, -0.1) is 0 Å². The Bertz CT molecular complexity index is 728. The van der Waals surface area contributed by atoms with Gasteiger partial charge in [0.15, 0.2) is 5.82 Å². The first-order valence-corrected chi connectivity index (χ1v) is 7.00. The average Bonchev–Trinajstić information content (AvgIpc) is 3.01. The van der Waals surface area contributed by atoms with Gasteiger partial charge in [0.1, 0.15) is 18.5 Å². The summed E-state index contributed by atoms with van der Waals surface area (Å²) in [6.45, 7) is 0.575. The van der Waals surface area contributed by atoms with Crippen LogP contribution in [0.4, 0.5) is 10.1 Å². The van der Waals surface area contributed by atoms with Crippen molar-refractivity contribution < 1.29 is 4.39 Å². The normalized spacial score (nSPS) is 10.6. The predicted octanol–water partition coefficient (Wildman–Crippen LogP) is 3.18. The highest BCUT2D eigenvalue weighted by Crippen LogP contribution is 2.19. The van der Waals surface area contributed by atoms with Gasteiger partial charge in [-0.25, -0.2) is 19.0 Å². The van der Waals surface area contributed by atoms with Crippen LogP contribution >= 0.6 is 15.9 Å². The van der Waals surface area contributed by atoms with Crippen molar-refractivity contribution in [2.24, 2.45) is 0 Å². The molecule has 0 amide bonds. The summed E-state index contributed by atoms with van der Waals surface area (Å²) in [6, 6.07) is 8.37. The molecule has 0 saturated carbocycles. The van der Waals surface area contributed by atoms with Gasteiger partial charge in [-0.05, 0) is 29.8 Å². The maximum atomic E-state index is 13.0. The van der Waals surface area contributed by atoms with Crippen LogP contribution in [0.2, 0.25) is 0 Å². The molecule has 0 atom stereocenters. The van der Waals surface area contributed by atoms with E-state index in [1.807, 2.05) is 12.1 Å². The number of halogens is 2. The molecule has 1 N–H and O–H groups in total. The third-order valence-electron chi connectivity index (χ3n) is 2.90. The van der Waals surface area contributed by atoms with Gasteiger partial charge in [0.2, 0.25) is 0 Å². The number of rotatable bonds is 4. The van der Waals surface area contributed by atoms with Crippen molar-refractivity contribution in [2.75, 3.05) is 5.32 Å². The van der Waals surface area contributed by atoms with E-state index >= 15 is 0 Å². The Morgan fingerprint density at radius 3 is 2.81 bits per heavy atom. The number of aromatic nitrogens is 4. The first kappa shape index (κ1) is 13.7.